The van der Waals surface area contributed by atoms with Crippen LogP contribution in [-0.4, -0.2) is 23.3 Å². The van der Waals surface area contributed by atoms with Gasteiger partial charge in [0.2, 0.25) is 0 Å². The van der Waals surface area contributed by atoms with Crippen LogP contribution in [0.5, 0.6) is 0 Å². The molecule has 0 aliphatic heterocycles. The molecular formula is C12H15NO3. The van der Waals surface area contributed by atoms with Crippen molar-refractivity contribution >= 4 is 11.8 Å². The van der Waals surface area contributed by atoms with Gasteiger partial charge in [-0.1, -0.05) is 6.07 Å². The average Bonchev–Trinajstić information content (AvgIpc) is 2.21. The molecule has 1 aromatic rings. The van der Waals surface area contributed by atoms with E-state index >= 15 is 0 Å². The fraction of sp³-hybridized carbons (Fsp3) is 0.417. The van der Waals surface area contributed by atoms with Gasteiger partial charge in [0.15, 0.2) is 0 Å². The van der Waals surface area contributed by atoms with Crippen LogP contribution >= 0.6 is 0 Å². The summed E-state index contributed by atoms with van der Waals surface area (Å²) in [6.45, 7) is 3.94. The molecule has 1 heterocycles. The number of ketones is 1. The minimum absolute atomic E-state index is 0.171. The van der Waals surface area contributed by atoms with Crippen LogP contribution in [0.3, 0.4) is 0 Å². The number of rotatable bonds is 5. The summed E-state index contributed by atoms with van der Waals surface area (Å²) in [4.78, 5) is 26.6. The minimum atomic E-state index is -0.473. The molecule has 1 aromatic heterocycles. The fourth-order valence-electron chi connectivity index (χ4n) is 1.24. The van der Waals surface area contributed by atoms with Crippen molar-refractivity contribution < 1.29 is 14.3 Å². The molecular weight excluding hydrogens is 206 g/mol. The van der Waals surface area contributed by atoms with Crippen molar-refractivity contribution in [2.24, 2.45) is 0 Å². The Kier molecular flexibility index (Phi) is 4.64. The van der Waals surface area contributed by atoms with Crippen LogP contribution in [0.15, 0.2) is 18.3 Å². The Hall–Kier alpha value is -1.71. The lowest BCUT2D eigenvalue weighted by Gasteiger charge is -2.01. The van der Waals surface area contributed by atoms with Gasteiger partial charge in [0.1, 0.15) is 12.2 Å². The van der Waals surface area contributed by atoms with Gasteiger partial charge < -0.3 is 4.74 Å². The normalized spacial score (nSPS) is 9.88. The van der Waals surface area contributed by atoms with Crippen LogP contribution in [0.2, 0.25) is 0 Å². The second-order valence-electron chi connectivity index (χ2n) is 3.52. The molecule has 0 N–H and O–H groups in total. The molecule has 0 amide bonds. The summed E-state index contributed by atoms with van der Waals surface area (Å²) >= 11 is 0. The first kappa shape index (κ1) is 12.4. The lowest BCUT2D eigenvalue weighted by atomic mass is 10.1. The highest BCUT2D eigenvalue weighted by Crippen LogP contribution is 2.02. The van der Waals surface area contributed by atoms with Gasteiger partial charge >= 0.3 is 5.97 Å². The van der Waals surface area contributed by atoms with Crippen LogP contribution in [0.4, 0.5) is 0 Å². The van der Waals surface area contributed by atoms with Gasteiger partial charge in [-0.2, -0.15) is 0 Å². The molecule has 4 nitrogen and oxygen atoms in total. The summed E-state index contributed by atoms with van der Waals surface area (Å²) in [5.74, 6) is -0.644. The van der Waals surface area contributed by atoms with Crippen molar-refractivity contribution in [3.8, 4) is 0 Å². The van der Waals surface area contributed by atoms with Gasteiger partial charge in [0.25, 0.3) is 0 Å². The average molecular weight is 221 g/mol. The monoisotopic (exact) mass is 221 g/mol. The number of aromatic nitrogens is 1. The van der Waals surface area contributed by atoms with E-state index in [4.69, 9.17) is 0 Å². The second kappa shape index (κ2) is 6.00. The van der Waals surface area contributed by atoms with E-state index in [0.717, 1.165) is 5.56 Å². The predicted molar refractivity (Wildman–Crippen MR) is 58.9 cm³/mol. The van der Waals surface area contributed by atoms with Gasteiger partial charge in [-0.05, 0) is 25.5 Å². The van der Waals surface area contributed by atoms with Crippen molar-refractivity contribution in [3.63, 3.8) is 0 Å². The van der Waals surface area contributed by atoms with Crippen LogP contribution in [0.25, 0.3) is 0 Å². The van der Waals surface area contributed by atoms with E-state index in [1.807, 2.05) is 13.0 Å². The van der Waals surface area contributed by atoms with Crippen molar-refractivity contribution in [2.45, 2.75) is 26.7 Å². The first-order valence-corrected chi connectivity index (χ1v) is 5.20. The summed E-state index contributed by atoms with van der Waals surface area (Å²) in [6, 6.07) is 3.68. The number of carbonyl (C=O) groups is 2. The Labute approximate surface area is 94.6 Å². The van der Waals surface area contributed by atoms with Gasteiger partial charge in [0.05, 0.1) is 6.61 Å². The molecule has 0 radical (unpaired) electrons. The SMILES string of the molecule is CCOC(=O)CC(=O)Cc1ccc(C)cn1. The first-order chi connectivity index (χ1) is 7.61. The number of hydrogen-bond acceptors (Lipinski definition) is 4. The molecule has 4 heteroatoms. The van der Waals surface area contributed by atoms with Crippen molar-refractivity contribution in [3.05, 3.63) is 29.6 Å². The van der Waals surface area contributed by atoms with Gasteiger partial charge in [-0.25, -0.2) is 0 Å². The molecule has 0 atom stereocenters. The van der Waals surface area contributed by atoms with E-state index in [2.05, 4.69) is 9.72 Å². The summed E-state index contributed by atoms with van der Waals surface area (Å²) < 4.78 is 4.69. The Morgan fingerprint density at radius 1 is 1.38 bits per heavy atom. The number of pyridine rings is 1. The van der Waals surface area contributed by atoms with Gasteiger partial charge in [0, 0.05) is 18.3 Å². The Balaban J connectivity index is 2.45. The molecule has 0 unspecified atom stereocenters. The number of hydrogen-bond donors (Lipinski definition) is 0. The van der Waals surface area contributed by atoms with Gasteiger partial charge in [-0.3, -0.25) is 14.6 Å². The number of nitrogens with zero attached hydrogens (tertiary/aromatic N) is 1. The van der Waals surface area contributed by atoms with Crippen LogP contribution < -0.4 is 0 Å². The Morgan fingerprint density at radius 3 is 2.69 bits per heavy atom. The van der Waals surface area contributed by atoms with E-state index in [1.54, 1.807) is 19.2 Å². The zero-order chi connectivity index (χ0) is 12.0. The largest absolute Gasteiger partial charge is 0.466 e. The highest BCUT2D eigenvalue weighted by molar-refractivity contribution is 5.96. The smallest absolute Gasteiger partial charge is 0.313 e. The number of Topliss-reactive ketones (excluding diaryl/α,β-unsaturated/α-hetero) is 1. The van der Waals surface area contributed by atoms with Gasteiger partial charge in [-0.15, -0.1) is 0 Å². The van der Waals surface area contributed by atoms with Crippen LogP contribution in [0.1, 0.15) is 24.6 Å². The van der Waals surface area contributed by atoms with Crippen molar-refractivity contribution in [1.82, 2.24) is 4.98 Å². The highest BCUT2D eigenvalue weighted by atomic mass is 16.5. The molecule has 0 fully saturated rings. The molecule has 0 saturated carbocycles. The van der Waals surface area contributed by atoms with Crippen molar-refractivity contribution in [1.29, 1.82) is 0 Å². The summed E-state index contributed by atoms with van der Waals surface area (Å²) in [5, 5.41) is 0. The molecule has 0 aliphatic carbocycles. The molecule has 0 aromatic carbocycles. The van der Waals surface area contributed by atoms with Crippen LogP contribution in [0, 0.1) is 6.92 Å². The quantitative estimate of drug-likeness (QED) is 0.558. The van der Waals surface area contributed by atoms with E-state index in [9.17, 15) is 9.59 Å². The second-order valence-corrected chi connectivity index (χ2v) is 3.52. The molecule has 86 valence electrons. The van der Waals surface area contributed by atoms with E-state index < -0.39 is 5.97 Å². The van der Waals surface area contributed by atoms with Crippen LogP contribution in [-0.2, 0) is 20.7 Å². The first-order valence-electron chi connectivity index (χ1n) is 5.20. The number of esters is 1. The standard InChI is InChI=1S/C12H15NO3/c1-3-16-12(15)7-11(14)6-10-5-4-9(2)8-13-10/h4-5,8H,3,6-7H2,1-2H3. The zero-order valence-electron chi connectivity index (χ0n) is 9.53. The number of aryl methyl sites for hydroxylation is 1. The molecule has 0 spiro atoms. The lowest BCUT2D eigenvalue weighted by molar-refractivity contribution is -0.145. The van der Waals surface area contributed by atoms with E-state index in [1.165, 1.54) is 0 Å². The lowest BCUT2D eigenvalue weighted by Crippen LogP contribution is -2.13. The number of ether oxygens (including phenoxy) is 1. The maximum Gasteiger partial charge on any atom is 0.313 e. The summed E-state index contributed by atoms with van der Waals surface area (Å²) in [6.07, 6.45) is 1.70. The van der Waals surface area contributed by atoms with E-state index in [0.29, 0.717) is 12.3 Å². The molecule has 1 rings (SSSR count). The fourth-order valence-corrected chi connectivity index (χ4v) is 1.24. The van der Waals surface area contributed by atoms with Crippen molar-refractivity contribution in [2.75, 3.05) is 6.61 Å². The maximum absolute atomic E-state index is 11.4. The summed E-state index contributed by atoms with van der Waals surface area (Å²) in [7, 11) is 0. The molecule has 0 bridgehead atoms. The number of carbonyl (C=O) groups excluding carboxylic acids is 2. The Morgan fingerprint density at radius 2 is 2.12 bits per heavy atom. The zero-order valence-corrected chi connectivity index (χ0v) is 9.53. The predicted octanol–water partition coefficient (Wildman–Crippen LogP) is 1.45. The maximum atomic E-state index is 11.4. The minimum Gasteiger partial charge on any atom is -0.466 e. The Bertz CT molecular complexity index is 370. The third-order valence-corrected chi connectivity index (χ3v) is 2.00. The molecule has 16 heavy (non-hydrogen) atoms. The summed E-state index contributed by atoms with van der Waals surface area (Å²) in [5.41, 5.74) is 1.72. The van der Waals surface area contributed by atoms with E-state index in [-0.39, 0.29) is 18.6 Å². The molecule has 0 aliphatic rings. The highest BCUT2D eigenvalue weighted by Gasteiger charge is 2.11. The third-order valence-electron chi connectivity index (χ3n) is 2.00. The molecule has 0 saturated heterocycles. The topological polar surface area (TPSA) is 56.3 Å². The third kappa shape index (κ3) is 4.21.